The molecule has 0 spiro atoms. The number of benzene rings is 2. The first-order valence-electron chi connectivity index (χ1n) is 7.50. The van der Waals surface area contributed by atoms with E-state index < -0.39 is 0 Å². The second kappa shape index (κ2) is 5.54. The minimum atomic E-state index is 0.118. The first-order chi connectivity index (χ1) is 10.8. The number of rotatable bonds is 1. The van der Waals surface area contributed by atoms with E-state index in [9.17, 15) is 4.79 Å². The van der Waals surface area contributed by atoms with E-state index in [0.29, 0.717) is 6.54 Å². The third kappa shape index (κ3) is 2.40. The molecule has 4 rings (SSSR count). The van der Waals surface area contributed by atoms with Crippen LogP contribution < -0.4 is 0 Å². The Hall–Kier alpha value is -2.20. The van der Waals surface area contributed by atoms with E-state index in [2.05, 4.69) is 29.2 Å². The van der Waals surface area contributed by atoms with Crippen LogP contribution in [-0.4, -0.2) is 22.3 Å². The number of aromatic nitrogens is 1. The van der Waals surface area contributed by atoms with Crippen molar-refractivity contribution in [2.45, 2.75) is 19.4 Å². The molecule has 1 aliphatic rings. The monoisotopic (exact) mass is 308 g/mol. The number of thiazole rings is 1. The van der Waals surface area contributed by atoms with Crippen LogP contribution in [-0.2, 0) is 13.0 Å². The molecule has 0 atom stereocenters. The Kier molecular flexibility index (Phi) is 3.39. The van der Waals surface area contributed by atoms with Crippen LogP contribution in [0.4, 0.5) is 0 Å². The lowest BCUT2D eigenvalue weighted by Gasteiger charge is -2.21. The molecule has 2 heterocycles. The van der Waals surface area contributed by atoms with Gasteiger partial charge in [0.25, 0.3) is 5.91 Å². The van der Waals surface area contributed by atoms with E-state index in [1.54, 1.807) is 11.3 Å². The van der Waals surface area contributed by atoms with Gasteiger partial charge < -0.3 is 4.90 Å². The molecule has 22 heavy (non-hydrogen) atoms. The van der Waals surface area contributed by atoms with E-state index in [-0.39, 0.29) is 5.91 Å². The van der Waals surface area contributed by atoms with Crippen LogP contribution in [0.1, 0.15) is 27.9 Å². The predicted octanol–water partition coefficient (Wildman–Crippen LogP) is 3.88. The molecule has 0 saturated carbocycles. The fourth-order valence-electron chi connectivity index (χ4n) is 3.04. The molecular formula is C18H16N2OS. The van der Waals surface area contributed by atoms with Crippen molar-refractivity contribution in [3.63, 3.8) is 0 Å². The van der Waals surface area contributed by atoms with Crippen LogP contribution >= 0.6 is 11.3 Å². The first-order valence-corrected chi connectivity index (χ1v) is 8.38. The summed E-state index contributed by atoms with van der Waals surface area (Å²) in [6, 6.07) is 14.2. The Morgan fingerprint density at radius 3 is 2.91 bits per heavy atom. The number of carbonyl (C=O) groups excluding carboxylic acids is 1. The first kappa shape index (κ1) is 13.5. The summed E-state index contributed by atoms with van der Waals surface area (Å²) in [5, 5.41) is 0. The highest BCUT2D eigenvalue weighted by atomic mass is 32.1. The van der Waals surface area contributed by atoms with Gasteiger partial charge in [-0.2, -0.15) is 0 Å². The van der Waals surface area contributed by atoms with Crippen LogP contribution in [0.5, 0.6) is 0 Å². The molecule has 0 fully saturated rings. The summed E-state index contributed by atoms with van der Waals surface area (Å²) in [6.07, 6.45) is 2.07. The average Bonchev–Trinajstić information content (AvgIpc) is 2.91. The normalized spacial score (nSPS) is 14.6. The zero-order valence-electron chi connectivity index (χ0n) is 12.2. The highest BCUT2D eigenvalue weighted by Gasteiger charge is 2.20. The summed E-state index contributed by atoms with van der Waals surface area (Å²) in [5.74, 6) is 0.118. The van der Waals surface area contributed by atoms with Gasteiger partial charge in [0.2, 0.25) is 0 Å². The van der Waals surface area contributed by atoms with Crippen molar-refractivity contribution in [3.05, 3.63) is 64.7 Å². The molecule has 0 N–H and O–H groups in total. The molecule has 1 aromatic heterocycles. The molecule has 0 bridgehead atoms. The van der Waals surface area contributed by atoms with Crippen molar-refractivity contribution in [2.24, 2.45) is 0 Å². The summed E-state index contributed by atoms with van der Waals surface area (Å²) in [4.78, 5) is 19.1. The van der Waals surface area contributed by atoms with Gasteiger partial charge in [0.1, 0.15) is 0 Å². The van der Waals surface area contributed by atoms with Crippen molar-refractivity contribution in [3.8, 4) is 0 Å². The lowest BCUT2D eigenvalue weighted by Crippen LogP contribution is -2.30. The smallest absolute Gasteiger partial charge is 0.254 e. The summed E-state index contributed by atoms with van der Waals surface area (Å²) < 4.78 is 1.07. The molecule has 110 valence electrons. The van der Waals surface area contributed by atoms with Gasteiger partial charge in [-0.1, -0.05) is 24.3 Å². The van der Waals surface area contributed by atoms with Crippen LogP contribution in [0.25, 0.3) is 10.2 Å². The average molecular weight is 308 g/mol. The zero-order valence-corrected chi connectivity index (χ0v) is 13.0. The SMILES string of the molecule is O=C(c1ccc2ncsc2c1)N1CCCc2ccccc2C1. The van der Waals surface area contributed by atoms with E-state index in [1.165, 1.54) is 11.1 Å². The lowest BCUT2D eigenvalue weighted by molar-refractivity contribution is 0.0746. The predicted molar refractivity (Wildman–Crippen MR) is 89.1 cm³/mol. The van der Waals surface area contributed by atoms with Crippen molar-refractivity contribution in [1.82, 2.24) is 9.88 Å². The number of aryl methyl sites for hydroxylation is 1. The maximum absolute atomic E-state index is 12.8. The maximum atomic E-state index is 12.8. The minimum absolute atomic E-state index is 0.118. The van der Waals surface area contributed by atoms with Crippen LogP contribution in [0.2, 0.25) is 0 Å². The molecule has 3 aromatic rings. The van der Waals surface area contributed by atoms with Gasteiger partial charge in [-0.25, -0.2) is 4.98 Å². The Morgan fingerprint density at radius 2 is 2.00 bits per heavy atom. The summed E-state index contributed by atoms with van der Waals surface area (Å²) in [6.45, 7) is 1.52. The van der Waals surface area contributed by atoms with E-state index in [1.807, 2.05) is 28.6 Å². The van der Waals surface area contributed by atoms with E-state index >= 15 is 0 Å². The molecular weight excluding hydrogens is 292 g/mol. The van der Waals surface area contributed by atoms with Crippen molar-refractivity contribution >= 4 is 27.5 Å². The molecule has 0 radical (unpaired) electrons. The largest absolute Gasteiger partial charge is 0.334 e. The van der Waals surface area contributed by atoms with Crippen LogP contribution in [0, 0.1) is 0 Å². The van der Waals surface area contributed by atoms with Gasteiger partial charge in [-0.05, 0) is 42.2 Å². The lowest BCUT2D eigenvalue weighted by atomic mass is 10.0. The number of fused-ring (bicyclic) bond motifs is 2. The highest BCUT2D eigenvalue weighted by Crippen LogP contribution is 2.23. The van der Waals surface area contributed by atoms with Gasteiger partial charge in [-0.15, -0.1) is 11.3 Å². The molecule has 2 aromatic carbocycles. The number of hydrogen-bond donors (Lipinski definition) is 0. The Morgan fingerprint density at radius 1 is 1.14 bits per heavy atom. The second-order valence-corrected chi connectivity index (χ2v) is 6.52. The molecule has 1 amide bonds. The third-order valence-corrected chi connectivity index (χ3v) is 5.01. The topological polar surface area (TPSA) is 33.2 Å². The number of hydrogen-bond acceptors (Lipinski definition) is 3. The van der Waals surface area contributed by atoms with Gasteiger partial charge in [0, 0.05) is 18.7 Å². The maximum Gasteiger partial charge on any atom is 0.254 e. The Labute approximate surface area is 133 Å². The summed E-state index contributed by atoms with van der Waals surface area (Å²) in [5.41, 5.74) is 6.18. The Balaban J connectivity index is 1.64. The zero-order chi connectivity index (χ0) is 14.9. The van der Waals surface area contributed by atoms with Crippen molar-refractivity contribution < 1.29 is 4.79 Å². The molecule has 0 aliphatic carbocycles. The number of carbonyl (C=O) groups is 1. The molecule has 4 heteroatoms. The number of amides is 1. The highest BCUT2D eigenvalue weighted by molar-refractivity contribution is 7.16. The molecule has 0 saturated heterocycles. The van der Waals surface area contributed by atoms with Crippen molar-refractivity contribution in [1.29, 1.82) is 0 Å². The van der Waals surface area contributed by atoms with Crippen LogP contribution in [0.3, 0.4) is 0 Å². The molecule has 1 aliphatic heterocycles. The van der Waals surface area contributed by atoms with E-state index in [0.717, 1.165) is 35.2 Å². The summed E-state index contributed by atoms with van der Waals surface area (Å²) >= 11 is 1.58. The Bertz CT molecular complexity index is 840. The quantitative estimate of drug-likeness (QED) is 0.683. The van der Waals surface area contributed by atoms with Crippen molar-refractivity contribution in [2.75, 3.05) is 6.54 Å². The fraction of sp³-hybridized carbons (Fsp3) is 0.222. The van der Waals surface area contributed by atoms with Gasteiger partial charge >= 0.3 is 0 Å². The number of nitrogens with zero attached hydrogens (tertiary/aromatic N) is 2. The van der Waals surface area contributed by atoms with E-state index in [4.69, 9.17) is 0 Å². The fourth-order valence-corrected chi connectivity index (χ4v) is 3.76. The minimum Gasteiger partial charge on any atom is -0.334 e. The van der Waals surface area contributed by atoms with Gasteiger partial charge in [-0.3, -0.25) is 4.79 Å². The standard InChI is InChI=1S/C18H16N2OS/c21-18(14-7-8-16-17(10-14)22-12-19-16)20-9-3-6-13-4-1-2-5-15(13)11-20/h1-2,4-5,7-8,10,12H,3,6,9,11H2. The molecule has 0 unspecified atom stereocenters. The second-order valence-electron chi connectivity index (χ2n) is 5.63. The summed E-state index contributed by atoms with van der Waals surface area (Å²) in [7, 11) is 0. The van der Waals surface area contributed by atoms with Crippen LogP contribution in [0.15, 0.2) is 48.0 Å². The molecule has 3 nitrogen and oxygen atoms in total. The van der Waals surface area contributed by atoms with Gasteiger partial charge in [0.05, 0.1) is 15.7 Å². The van der Waals surface area contributed by atoms with Gasteiger partial charge in [0.15, 0.2) is 0 Å². The third-order valence-electron chi connectivity index (χ3n) is 4.22.